The molecule has 0 bridgehead atoms. The molecule has 1 heterocycles. The van der Waals surface area contributed by atoms with Gasteiger partial charge in [0.15, 0.2) is 6.61 Å². The van der Waals surface area contributed by atoms with Crippen LogP contribution in [-0.4, -0.2) is 25.6 Å². The highest BCUT2D eigenvalue weighted by Gasteiger charge is 2.18. The van der Waals surface area contributed by atoms with Gasteiger partial charge in [-0.2, -0.15) is 0 Å². The van der Waals surface area contributed by atoms with E-state index in [4.69, 9.17) is 13.9 Å². The van der Waals surface area contributed by atoms with Crippen LogP contribution in [0.3, 0.4) is 0 Å². The van der Waals surface area contributed by atoms with Gasteiger partial charge >= 0.3 is 5.97 Å². The number of para-hydroxylation sites is 1. The molecule has 0 aliphatic rings. The van der Waals surface area contributed by atoms with Crippen molar-refractivity contribution in [3.8, 4) is 5.75 Å². The van der Waals surface area contributed by atoms with Crippen LogP contribution < -0.4 is 10.1 Å². The third-order valence-corrected chi connectivity index (χ3v) is 4.91. The van der Waals surface area contributed by atoms with Gasteiger partial charge in [-0.3, -0.25) is 4.79 Å². The SMILES string of the molecule is COc1ccc(C(=O)OCC(=O)N[C@H](C)c2cc3ccccc3o2)c2ccccc12. The quantitative estimate of drug-likeness (QED) is 0.475. The molecule has 4 rings (SSSR count). The molecular weight excluding hydrogens is 382 g/mol. The maximum absolute atomic E-state index is 12.6. The molecule has 0 aliphatic carbocycles. The second-order valence-electron chi connectivity index (χ2n) is 6.91. The fourth-order valence-corrected chi connectivity index (χ4v) is 3.41. The molecule has 6 nitrogen and oxygen atoms in total. The number of rotatable bonds is 6. The van der Waals surface area contributed by atoms with Crippen LogP contribution in [0.4, 0.5) is 0 Å². The summed E-state index contributed by atoms with van der Waals surface area (Å²) < 4.78 is 16.3. The van der Waals surface area contributed by atoms with Crippen LogP contribution in [0.2, 0.25) is 0 Å². The van der Waals surface area contributed by atoms with E-state index < -0.39 is 11.9 Å². The van der Waals surface area contributed by atoms with E-state index in [-0.39, 0.29) is 12.6 Å². The zero-order valence-electron chi connectivity index (χ0n) is 16.7. The smallest absolute Gasteiger partial charge is 0.339 e. The van der Waals surface area contributed by atoms with E-state index in [0.717, 1.165) is 16.4 Å². The standard InChI is InChI=1S/C24H21NO5/c1-15(22-13-16-7-3-6-10-20(16)30-22)25-23(26)14-29-24(27)19-11-12-21(28-2)18-9-5-4-8-17(18)19/h3-13,15H,14H2,1-2H3,(H,25,26)/t15-/m1/s1. The van der Waals surface area contributed by atoms with Crippen molar-refractivity contribution in [2.24, 2.45) is 0 Å². The number of hydrogen-bond acceptors (Lipinski definition) is 5. The maximum atomic E-state index is 12.6. The Morgan fingerprint density at radius 3 is 2.50 bits per heavy atom. The number of hydrogen-bond donors (Lipinski definition) is 1. The highest BCUT2D eigenvalue weighted by Crippen LogP contribution is 2.28. The normalized spacial score (nSPS) is 11.9. The van der Waals surface area contributed by atoms with Gasteiger partial charge in [-0.1, -0.05) is 42.5 Å². The molecule has 0 unspecified atom stereocenters. The van der Waals surface area contributed by atoms with Crippen molar-refractivity contribution >= 4 is 33.6 Å². The summed E-state index contributed by atoms with van der Waals surface area (Å²) in [5.41, 5.74) is 1.14. The van der Waals surface area contributed by atoms with Gasteiger partial charge < -0.3 is 19.2 Å². The molecule has 30 heavy (non-hydrogen) atoms. The monoisotopic (exact) mass is 403 g/mol. The van der Waals surface area contributed by atoms with Crippen molar-refractivity contribution in [2.45, 2.75) is 13.0 Å². The van der Waals surface area contributed by atoms with Gasteiger partial charge in [0.25, 0.3) is 5.91 Å². The fourth-order valence-electron chi connectivity index (χ4n) is 3.41. The minimum absolute atomic E-state index is 0.356. The Kier molecular flexibility index (Phi) is 5.39. The van der Waals surface area contributed by atoms with Crippen molar-refractivity contribution in [1.29, 1.82) is 0 Å². The van der Waals surface area contributed by atoms with Crippen molar-refractivity contribution in [2.75, 3.05) is 13.7 Å². The summed E-state index contributed by atoms with van der Waals surface area (Å²) in [5.74, 6) is 0.325. The van der Waals surface area contributed by atoms with Crippen molar-refractivity contribution < 1.29 is 23.5 Å². The van der Waals surface area contributed by atoms with Gasteiger partial charge in [0.2, 0.25) is 0 Å². The lowest BCUT2D eigenvalue weighted by molar-refractivity contribution is -0.125. The minimum atomic E-state index is -0.569. The average molecular weight is 403 g/mol. The molecule has 0 aliphatic heterocycles. The lowest BCUT2D eigenvalue weighted by Crippen LogP contribution is -2.31. The number of amides is 1. The van der Waals surface area contributed by atoms with Crippen LogP contribution in [-0.2, 0) is 9.53 Å². The highest BCUT2D eigenvalue weighted by molar-refractivity contribution is 6.06. The molecule has 3 aromatic carbocycles. The first-order chi connectivity index (χ1) is 14.6. The number of methoxy groups -OCH3 is 1. The molecular formula is C24H21NO5. The summed E-state index contributed by atoms with van der Waals surface area (Å²) in [5, 5.41) is 5.26. The summed E-state index contributed by atoms with van der Waals surface area (Å²) in [7, 11) is 1.58. The predicted molar refractivity (Wildman–Crippen MR) is 114 cm³/mol. The zero-order valence-corrected chi connectivity index (χ0v) is 16.7. The van der Waals surface area contributed by atoms with E-state index in [0.29, 0.717) is 22.5 Å². The molecule has 1 N–H and O–H groups in total. The van der Waals surface area contributed by atoms with Crippen molar-refractivity contribution in [1.82, 2.24) is 5.32 Å². The minimum Gasteiger partial charge on any atom is -0.496 e. The molecule has 4 aromatic rings. The highest BCUT2D eigenvalue weighted by atomic mass is 16.5. The molecule has 1 aromatic heterocycles. The number of carbonyl (C=O) groups is 2. The Morgan fingerprint density at radius 1 is 1.00 bits per heavy atom. The number of nitrogens with one attached hydrogen (secondary N) is 1. The van der Waals surface area contributed by atoms with E-state index in [1.54, 1.807) is 19.2 Å². The molecule has 0 saturated heterocycles. The maximum Gasteiger partial charge on any atom is 0.339 e. The van der Waals surface area contributed by atoms with Gasteiger partial charge in [0.05, 0.1) is 18.7 Å². The van der Waals surface area contributed by atoms with Gasteiger partial charge in [0.1, 0.15) is 17.1 Å². The van der Waals surface area contributed by atoms with Crippen LogP contribution in [0.1, 0.15) is 29.1 Å². The largest absolute Gasteiger partial charge is 0.496 e. The number of fused-ring (bicyclic) bond motifs is 2. The molecule has 1 atom stereocenters. The first kappa shape index (κ1) is 19.5. The van der Waals surface area contributed by atoms with E-state index >= 15 is 0 Å². The lowest BCUT2D eigenvalue weighted by atomic mass is 10.0. The van der Waals surface area contributed by atoms with Crippen molar-refractivity contribution in [3.63, 3.8) is 0 Å². The van der Waals surface area contributed by atoms with Gasteiger partial charge in [-0.25, -0.2) is 4.79 Å². The van der Waals surface area contributed by atoms with Crippen LogP contribution >= 0.6 is 0 Å². The Labute approximate surface area is 173 Å². The van der Waals surface area contributed by atoms with Crippen molar-refractivity contribution in [3.05, 3.63) is 78.1 Å². The van der Waals surface area contributed by atoms with Crippen LogP contribution in [0, 0.1) is 0 Å². The summed E-state index contributed by atoms with van der Waals surface area (Å²) in [6.07, 6.45) is 0. The summed E-state index contributed by atoms with van der Waals surface area (Å²) in [4.78, 5) is 24.9. The van der Waals surface area contributed by atoms with Crippen LogP contribution in [0.15, 0.2) is 71.1 Å². The Morgan fingerprint density at radius 2 is 1.73 bits per heavy atom. The topological polar surface area (TPSA) is 77.8 Å². The predicted octanol–water partition coefficient (Wildman–Crippen LogP) is 4.63. The molecule has 0 saturated carbocycles. The molecule has 0 radical (unpaired) electrons. The number of benzene rings is 3. The second-order valence-corrected chi connectivity index (χ2v) is 6.91. The van der Waals surface area contributed by atoms with Gasteiger partial charge in [0, 0.05) is 10.8 Å². The molecule has 6 heteroatoms. The van der Waals surface area contributed by atoms with E-state index in [2.05, 4.69) is 5.32 Å². The number of furan rings is 1. The van der Waals surface area contributed by atoms with E-state index in [1.807, 2.05) is 61.5 Å². The number of carbonyl (C=O) groups excluding carboxylic acids is 2. The van der Waals surface area contributed by atoms with E-state index in [1.165, 1.54) is 0 Å². The van der Waals surface area contributed by atoms with Crippen LogP contribution in [0.5, 0.6) is 5.75 Å². The molecule has 0 spiro atoms. The zero-order chi connectivity index (χ0) is 21.1. The molecule has 0 fully saturated rings. The average Bonchev–Trinajstić information content (AvgIpc) is 3.21. The summed E-state index contributed by atoms with van der Waals surface area (Å²) in [6.45, 7) is 1.43. The molecule has 1 amide bonds. The fraction of sp³-hybridized carbons (Fsp3) is 0.167. The summed E-state index contributed by atoms with van der Waals surface area (Å²) >= 11 is 0. The second kappa shape index (κ2) is 8.29. The Hall–Kier alpha value is -3.80. The van der Waals surface area contributed by atoms with Gasteiger partial charge in [-0.15, -0.1) is 0 Å². The number of ether oxygens (including phenoxy) is 2. The van der Waals surface area contributed by atoms with Crippen LogP contribution in [0.25, 0.3) is 21.7 Å². The van der Waals surface area contributed by atoms with Gasteiger partial charge in [-0.05, 0) is 36.6 Å². The van der Waals surface area contributed by atoms with E-state index in [9.17, 15) is 9.59 Å². The number of esters is 1. The first-order valence-electron chi connectivity index (χ1n) is 9.57. The third kappa shape index (κ3) is 3.85. The Bertz CT molecular complexity index is 1190. The Balaban J connectivity index is 1.41. The summed E-state index contributed by atoms with van der Waals surface area (Å²) in [6, 6.07) is 19.9. The first-order valence-corrected chi connectivity index (χ1v) is 9.57. The molecule has 152 valence electrons. The lowest BCUT2D eigenvalue weighted by Gasteiger charge is -2.13. The third-order valence-electron chi connectivity index (χ3n) is 4.91.